The molecule has 92 valence electrons. The molecule has 2 nitrogen and oxygen atoms in total. The van der Waals surface area contributed by atoms with Gasteiger partial charge >= 0.3 is 0 Å². The Morgan fingerprint density at radius 2 is 2.12 bits per heavy atom. The fourth-order valence-electron chi connectivity index (χ4n) is 2.89. The van der Waals surface area contributed by atoms with Crippen LogP contribution in [0, 0.1) is 11.3 Å². The summed E-state index contributed by atoms with van der Waals surface area (Å²) in [5.74, 6) is 0.913. The number of hydrogen-bond acceptors (Lipinski definition) is 2. The number of likely N-dealkylation sites (tertiary alicyclic amines) is 1. The van der Waals surface area contributed by atoms with Crippen molar-refractivity contribution >= 4 is 17.2 Å². The summed E-state index contributed by atoms with van der Waals surface area (Å²) in [7, 11) is 0. The normalized spacial score (nSPS) is 29.7. The molecule has 0 aromatic heterocycles. The van der Waals surface area contributed by atoms with Crippen LogP contribution in [0.1, 0.15) is 45.4 Å². The van der Waals surface area contributed by atoms with Gasteiger partial charge in [0.25, 0.3) is 0 Å². The van der Waals surface area contributed by atoms with E-state index < -0.39 is 0 Å². The van der Waals surface area contributed by atoms with Gasteiger partial charge in [-0.1, -0.05) is 19.1 Å². The van der Waals surface area contributed by atoms with E-state index in [4.69, 9.17) is 18.0 Å². The lowest BCUT2D eigenvalue weighted by atomic mass is 10.0. The van der Waals surface area contributed by atoms with Crippen molar-refractivity contribution in [2.45, 2.75) is 45.4 Å². The fraction of sp³-hybridized carbons (Fsp3) is 0.923. The Hall–Kier alpha value is -0.150. The average molecular weight is 240 g/mol. The maximum Gasteiger partial charge on any atom is 0.0733 e. The van der Waals surface area contributed by atoms with Gasteiger partial charge in [0.05, 0.1) is 4.99 Å². The molecule has 1 saturated heterocycles. The van der Waals surface area contributed by atoms with Crippen molar-refractivity contribution in [2.75, 3.05) is 19.6 Å². The van der Waals surface area contributed by atoms with Gasteiger partial charge in [0.2, 0.25) is 0 Å². The van der Waals surface area contributed by atoms with E-state index in [1.54, 1.807) is 0 Å². The predicted octanol–water partition coefficient (Wildman–Crippen LogP) is 2.56. The molecule has 1 atom stereocenters. The van der Waals surface area contributed by atoms with Crippen LogP contribution in [0.2, 0.25) is 0 Å². The third kappa shape index (κ3) is 3.42. The maximum atomic E-state index is 5.69. The summed E-state index contributed by atoms with van der Waals surface area (Å²) in [6.45, 7) is 6.17. The van der Waals surface area contributed by atoms with Crippen LogP contribution in [0.3, 0.4) is 0 Å². The predicted molar refractivity (Wildman–Crippen MR) is 72.5 cm³/mol. The molecule has 2 aliphatic rings. The molecule has 1 aliphatic heterocycles. The van der Waals surface area contributed by atoms with Crippen LogP contribution < -0.4 is 5.73 Å². The number of nitrogens with zero attached hydrogens (tertiary/aromatic N) is 1. The Labute approximate surface area is 105 Å². The van der Waals surface area contributed by atoms with Crippen molar-refractivity contribution in [2.24, 2.45) is 17.1 Å². The largest absolute Gasteiger partial charge is 0.393 e. The summed E-state index contributed by atoms with van der Waals surface area (Å²) in [4.78, 5) is 3.36. The molecule has 0 bridgehead atoms. The highest BCUT2D eigenvalue weighted by molar-refractivity contribution is 7.80. The Balaban J connectivity index is 1.82. The average Bonchev–Trinajstić information content (AvgIpc) is 2.94. The van der Waals surface area contributed by atoms with Crippen molar-refractivity contribution in [3.63, 3.8) is 0 Å². The molecule has 3 heteroatoms. The van der Waals surface area contributed by atoms with Crippen molar-refractivity contribution in [3.8, 4) is 0 Å². The van der Waals surface area contributed by atoms with Crippen LogP contribution >= 0.6 is 12.2 Å². The van der Waals surface area contributed by atoms with E-state index in [1.165, 1.54) is 51.7 Å². The SMILES string of the molecule is CC1CCCN(CC2(CC(N)=S)CC2)CC1. The van der Waals surface area contributed by atoms with Crippen LogP contribution in [-0.4, -0.2) is 29.5 Å². The minimum Gasteiger partial charge on any atom is -0.393 e. The van der Waals surface area contributed by atoms with Crippen LogP contribution in [-0.2, 0) is 0 Å². The third-order valence-corrected chi connectivity index (χ3v) is 4.32. The van der Waals surface area contributed by atoms with Gasteiger partial charge in [-0.15, -0.1) is 0 Å². The van der Waals surface area contributed by atoms with Crippen LogP contribution in [0.25, 0.3) is 0 Å². The molecule has 1 aliphatic carbocycles. The maximum absolute atomic E-state index is 5.69. The molecule has 2 rings (SSSR count). The first kappa shape index (κ1) is 12.3. The Kier molecular flexibility index (Phi) is 3.85. The lowest BCUT2D eigenvalue weighted by molar-refractivity contribution is 0.228. The van der Waals surface area contributed by atoms with E-state index in [-0.39, 0.29) is 0 Å². The second-order valence-corrected chi connectivity index (χ2v) is 6.48. The van der Waals surface area contributed by atoms with Gasteiger partial charge in [-0.25, -0.2) is 0 Å². The molecule has 16 heavy (non-hydrogen) atoms. The zero-order valence-corrected chi connectivity index (χ0v) is 11.2. The first-order valence-electron chi connectivity index (χ1n) is 6.60. The number of rotatable bonds is 4. The van der Waals surface area contributed by atoms with Crippen molar-refractivity contribution < 1.29 is 0 Å². The zero-order chi connectivity index (χ0) is 11.6. The second-order valence-electron chi connectivity index (χ2n) is 5.96. The summed E-state index contributed by atoms with van der Waals surface area (Å²) in [5, 5.41) is 0. The standard InChI is InChI=1S/C13H24N2S/c1-11-3-2-7-15(8-4-11)10-13(5-6-13)9-12(14)16/h11H,2-10H2,1H3,(H2,14,16). The van der Waals surface area contributed by atoms with Gasteiger partial charge in [-0.3, -0.25) is 0 Å². The van der Waals surface area contributed by atoms with Crippen molar-refractivity contribution in [1.29, 1.82) is 0 Å². The zero-order valence-electron chi connectivity index (χ0n) is 10.4. The third-order valence-electron chi connectivity index (χ3n) is 4.17. The highest BCUT2D eigenvalue weighted by atomic mass is 32.1. The number of thiocarbonyl (C=S) groups is 1. The molecule has 2 fully saturated rings. The van der Waals surface area contributed by atoms with Gasteiger partial charge < -0.3 is 10.6 Å². The Morgan fingerprint density at radius 3 is 2.75 bits per heavy atom. The van der Waals surface area contributed by atoms with Gasteiger partial charge in [-0.2, -0.15) is 0 Å². The molecule has 0 amide bonds. The summed E-state index contributed by atoms with van der Waals surface area (Å²) >= 11 is 5.06. The molecule has 0 spiro atoms. The minimum atomic E-state index is 0.472. The molecular formula is C13H24N2S. The van der Waals surface area contributed by atoms with E-state index in [9.17, 15) is 0 Å². The summed E-state index contributed by atoms with van der Waals surface area (Å²) in [6.07, 6.45) is 7.76. The Bertz CT molecular complexity index is 261. The molecule has 0 aromatic carbocycles. The van der Waals surface area contributed by atoms with E-state index >= 15 is 0 Å². The smallest absolute Gasteiger partial charge is 0.0733 e. The highest BCUT2D eigenvalue weighted by Crippen LogP contribution is 2.49. The summed E-state index contributed by atoms with van der Waals surface area (Å²) in [6, 6.07) is 0. The van der Waals surface area contributed by atoms with Gasteiger partial charge in [0.1, 0.15) is 0 Å². The van der Waals surface area contributed by atoms with Gasteiger partial charge in [0.15, 0.2) is 0 Å². The fourth-order valence-corrected chi connectivity index (χ4v) is 3.20. The van der Waals surface area contributed by atoms with Crippen molar-refractivity contribution in [3.05, 3.63) is 0 Å². The molecular weight excluding hydrogens is 216 g/mol. The Morgan fingerprint density at radius 1 is 1.38 bits per heavy atom. The second kappa shape index (κ2) is 5.01. The van der Waals surface area contributed by atoms with E-state index in [1.807, 2.05) is 0 Å². The topological polar surface area (TPSA) is 29.3 Å². The lowest BCUT2D eigenvalue weighted by Gasteiger charge is -2.25. The van der Waals surface area contributed by atoms with Crippen molar-refractivity contribution in [1.82, 2.24) is 4.90 Å². The van der Waals surface area contributed by atoms with Gasteiger partial charge in [-0.05, 0) is 56.5 Å². The molecule has 1 unspecified atom stereocenters. The molecule has 2 N–H and O–H groups in total. The molecule has 0 radical (unpaired) electrons. The monoisotopic (exact) mass is 240 g/mol. The molecule has 0 aromatic rings. The quantitative estimate of drug-likeness (QED) is 0.766. The van der Waals surface area contributed by atoms with Crippen LogP contribution in [0.5, 0.6) is 0 Å². The van der Waals surface area contributed by atoms with E-state index in [0.717, 1.165) is 12.3 Å². The minimum absolute atomic E-state index is 0.472. The highest BCUT2D eigenvalue weighted by Gasteiger charge is 2.44. The van der Waals surface area contributed by atoms with Crippen LogP contribution in [0.4, 0.5) is 0 Å². The summed E-state index contributed by atoms with van der Waals surface area (Å²) < 4.78 is 0. The first-order chi connectivity index (χ1) is 7.60. The lowest BCUT2D eigenvalue weighted by Crippen LogP contribution is -2.33. The van der Waals surface area contributed by atoms with Gasteiger partial charge in [0, 0.05) is 13.0 Å². The first-order valence-corrected chi connectivity index (χ1v) is 7.01. The number of hydrogen-bond donors (Lipinski definition) is 1. The van der Waals surface area contributed by atoms with E-state index in [0.29, 0.717) is 10.4 Å². The summed E-state index contributed by atoms with van der Waals surface area (Å²) in [5.41, 5.74) is 6.16. The number of nitrogens with two attached hydrogens (primary N) is 1. The van der Waals surface area contributed by atoms with Crippen LogP contribution in [0.15, 0.2) is 0 Å². The van der Waals surface area contributed by atoms with E-state index in [2.05, 4.69) is 11.8 Å². The molecule has 1 heterocycles. The molecule has 1 saturated carbocycles.